The SMILES string of the molecule is CCOc1ccc(CN(C)C(=O)Nc2cccc(CSC3CCOCC3)c2)cc1. The molecule has 5 nitrogen and oxygen atoms in total. The molecule has 0 aliphatic carbocycles. The minimum atomic E-state index is -0.117. The van der Waals surface area contributed by atoms with E-state index in [-0.39, 0.29) is 6.03 Å². The van der Waals surface area contributed by atoms with E-state index in [1.54, 1.807) is 11.9 Å². The van der Waals surface area contributed by atoms with Gasteiger partial charge in [-0.15, -0.1) is 0 Å². The number of rotatable bonds is 8. The third-order valence-corrected chi connectivity index (χ3v) is 6.28. The highest BCUT2D eigenvalue weighted by Gasteiger charge is 2.14. The number of anilines is 1. The number of urea groups is 1. The van der Waals surface area contributed by atoms with Crippen LogP contribution in [0, 0.1) is 0 Å². The van der Waals surface area contributed by atoms with Gasteiger partial charge >= 0.3 is 6.03 Å². The van der Waals surface area contributed by atoms with E-state index >= 15 is 0 Å². The summed E-state index contributed by atoms with van der Waals surface area (Å²) >= 11 is 1.98. The fourth-order valence-electron chi connectivity index (χ4n) is 3.22. The highest BCUT2D eigenvalue weighted by Crippen LogP contribution is 2.26. The predicted molar refractivity (Wildman–Crippen MR) is 120 cm³/mol. The van der Waals surface area contributed by atoms with Crippen molar-refractivity contribution in [2.45, 2.75) is 37.3 Å². The van der Waals surface area contributed by atoms with Gasteiger partial charge in [-0.25, -0.2) is 4.79 Å². The van der Waals surface area contributed by atoms with Gasteiger partial charge in [0.15, 0.2) is 0 Å². The van der Waals surface area contributed by atoms with Crippen LogP contribution < -0.4 is 10.1 Å². The van der Waals surface area contributed by atoms with Gasteiger partial charge in [0, 0.05) is 43.5 Å². The number of carbonyl (C=O) groups is 1. The first-order valence-electron chi connectivity index (χ1n) is 10.2. The fraction of sp³-hybridized carbons (Fsp3) is 0.435. The Labute approximate surface area is 177 Å². The maximum Gasteiger partial charge on any atom is 0.321 e. The standard InChI is InChI=1S/C23H30N2O3S/c1-3-28-21-9-7-18(8-10-21)16-25(2)23(26)24-20-6-4-5-19(15-20)17-29-22-11-13-27-14-12-22/h4-10,15,22H,3,11-14,16-17H2,1-2H3,(H,24,26). The van der Waals surface area contributed by atoms with Crippen LogP contribution in [0.1, 0.15) is 30.9 Å². The Balaban J connectivity index is 1.49. The third kappa shape index (κ3) is 6.98. The molecule has 29 heavy (non-hydrogen) atoms. The Bertz CT molecular complexity index is 776. The van der Waals surface area contributed by atoms with Crippen LogP contribution in [0.2, 0.25) is 0 Å². The molecule has 0 aromatic heterocycles. The van der Waals surface area contributed by atoms with Gasteiger partial charge < -0.3 is 19.7 Å². The van der Waals surface area contributed by atoms with Gasteiger partial charge in [0.05, 0.1) is 6.61 Å². The van der Waals surface area contributed by atoms with E-state index in [1.165, 1.54) is 5.56 Å². The second-order valence-corrected chi connectivity index (χ2v) is 8.47. The lowest BCUT2D eigenvalue weighted by Gasteiger charge is -2.21. The van der Waals surface area contributed by atoms with Crippen molar-refractivity contribution in [1.82, 2.24) is 4.90 Å². The first-order valence-corrected chi connectivity index (χ1v) is 11.2. The molecule has 2 amide bonds. The Hall–Kier alpha value is -2.18. The first-order chi connectivity index (χ1) is 14.1. The van der Waals surface area contributed by atoms with Crippen molar-refractivity contribution in [3.8, 4) is 5.75 Å². The number of hydrogen-bond donors (Lipinski definition) is 1. The topological polar surface area (TPSA) is 50.8 Å². The van der Waals surface area contributed by atoms with Crippen LogP contribution in [0.3, 0.4) is 0 Å². The van der Waals surface area contributed by atoms with E-state index in [2.05, 4.69) is 17.4 Å². The number of hydrogen-bond acceptors (Lipinski definition) is 4. The van der Waals surface area contributed by atoms with Gasteiger partial charge in [0.25, 0.3) is 0 Å². The Morgan fingerprint density at radius 1 is 1.17 bits per heavy atom. The van der Waals surface area contributed by atoms with Gasteiger partial charge in [-0.1, -0.05) is 24.3 Å². The molecule has 1 N–H and O–H groups in total. The molecule has 1 aliphatic rings. The zero-order chi connectivity index (χ0) is 20.5. The summed E-state index contributed by atoms with van der Waals surface area (Å²) in [5.74, 6) is 1.80. The molecule has 3 rings (SSSR count). The highest BCUT2D eigenvalue weighted by atomic mass is 32.2. The molecule has 2 aromatic carbocycles. The third-order valence-electron chi connectivity index (χ3n) is 4.83. The van der Waals surface area contributed by atoms with Crippen molar-refractivity contribution < 1.29 is 14.3 Å². The van der Waals surface area contributed by atoms with Crippen LogP contribution in [0.25, 0.3) is 0 Å². The average Bonchev–Trinajstić information content (AvgIpc) is 2.75. The van der Waals surface area contributed by atoms with E-state index < -0.39 is 0 Å². The van der Waals surface area contributed by atoms with Crippen molar-refractivity contribution >= 4 is 23.5 Å². The van der Waals surface area contributed by atoms with Crippen LogP contribution in [0.15, 0.2) is 48.5 Å². The number of ether oxygens (including phenoxy) is 2. The molecule has 0 saturated carbocycles. The van der Waals surface area contributed by atoms with Crippen molar-refractivity contribution in [3.05, 3.63) is 59.7 Å². The van der Waals surface area contributed by atoms with Crippen molar-refractivity contribution in [3.63, 3.8) is 0 Å². The van der Waals surface area contributed by atoms with Crippen LogP contribution in [0.5, 0.6) is 5.75 Å². The van der Waals surface area contributed by atoms with Gasteiger partial charge in [-0.2, -0.15) is 11.8 Å². The first kappa shape index (κ1) is 21.5. The highest BCUT2D eigenvalue weighted by molar-refractivity contribution is 7.99. The monoisotopic (exact) mass is 414 g/mol. The van der Waals surface area contributed by atoms with Crippen LogP contribution >= 0.6 is 11.8 Å². The van der Waals surface area contributed by atoms with E-state index in [1.807, 2.05) is 55.1 Å². The van der Waals surface area contributed by atoms with E-state index in [9.17, 15) is 4.79 Å². The van der Waals surface area contributed by atoms with Gasteiger partial charge in [0.2, 0.25) is 0 Å². The van der Waals surface area contributed by atoms with E-state index in [0.717, 1.165) is 48.8 Å². The molecule has 0 atom stereocenters. The Morgan fingerprint density at radius 3 is 2.66 bits per heavy atom. The second kappa shape index (κ2) is 11.1. The quantitative estimate of drug-likeness (QED) is 0.648. The maximum absolute atomic E-state index is 12.6. The molecule has 6 heteroatoms. The van der Waals surface area contributed by atoms with Crippen molar-refractivity contribution in [1.29, 1.82) is 0 Å². The van der Waals surface area contributed by atoms with Crippen molar-refractivity contribution in [2.24, 2.45) is 0 Å². The van der Waals surface area contributed by atoms with Crippen LogP contribution in [-0.2, 0) is 17.0 Å². The summed E-state index contributed by atoms with van der Waals surface area (Å²) in [5.41, 5.74) is 3.12. The summed E-state index contributed by atoms with van der Waals surface area (Å²) in [6.45, 7) is 4.89. The molecule has 1 aliphatic heterocycles. The molecule has 1 saturated heterocycles. The molecule has 156 valence electrons. The van der Waals surface area contributed by atoms with Crippen LogP contribution in [-0.4, -0.2) is 43.0 Å². The molecular formula is C23H30N2O3S. The molecule has 2 aromatic rings. The van der Waals surface area contributed by atoms with Gasteiger partial charge in [0.1, 0.15) is 5.75 Å². The lowest BCUT2D eigenvalue weighted by atomic mass is 10.2. The van der Waals surface area contributed by atoms with Crippen LogP contribution in [0.4, 0.5) is 10.5 Å². The fourth-order valence-corrected chi connectivity index (χ4v) is 4.35. The molecular weight excluding hydrogens is 384 g/mol. The summed E-state index contributed by atoms with van der Waals surface area (Å²) in [6.07, 6.45) is 2.24. The summed E-state index contributed by atoms with van der Waals surface area (Å²) in [4.78, 5) is 14.3. The molecule has 0 radical (unpaired) electrons. The predicted octanol–water partition coefficient (Wildman–Crippen LogP) is 5.16. The normalized spacial score (nSPS) is 14.4. The lowest BCUT2D eigenvalue weighted by molar-refractivity contribution is 0.1000. The van der Waals surface area contributed by atoms with Gasteiger partial charge in [-0.05, 0) is 55.2 Å². The number of thioether (sulfide) groups is 1. The summed E-state index contributed by atoms with van der Waals surface area (Å²) in [5, 5.41) is 3.67. The molecule has 0 unspecified atom stereocenters. The van der Waals surface area contributed by atoms with E-state index in [0.29, 0.717) is 18.4 Å². The largest absolute Gasteiger partial charge is 0.494 e. The summed E-state index contributed by atoms with van der Waals surface area (Å²) in [6, 6.07) is 15.8. The molecule has 0 spiro atoms. The molecule has 0 bridgehead atoms. The Morgan fingerprint density at radius 2 is 1.93 bits per heavy atom. The van der Waals surface area contributed by atoms with Gasteiger partial charge in [-0.3, -0.25) is 0 Å². The van der Waals surface area contributed by atoms with Crippen molar-refractivity contribution in [2.75, 3.05) is 32.2 Å². The molecule has 1 heterocycles. The van der Waals surface area contributed by atoms with E-state index in [4.69, 9.17) is 9.47 Å². The number of benzene rings is 2. The summed E-state index contributed by atoms with van der Waals surface area (Å²) in [7, 11) is 1.80. The molecule has 1 fully saturated rings. The zero-order valence-electron chi connectivity index (χ0n) is 17.2. The number of carbonyl (C=O) groups excluding carboxylic acids is 1. The number of amides is 2. The maximum atomic E-state index is 12.6. The average molecular weight is 415 g/mol. The Kier molecular flexibility index (Phi) is 8.25. The second-order valence-electron chi connectivity index (χ2n) is 7.19. The summed E-state index contributed by atoms with van der Waals surface area (Å²) < 4.78 is 10.9. The zero-order valence-corrected chi connectivity index (χ0v) is 18.0. The number of nitrogens with one attached hydrogen (secondary N) is 1. The smallest absolute Gasteiger partial charge is 0.321 e. The number of nitrogens with zero attached hydrogens (tertiary/aromatic N) is 1. The minimum Gasteiger partial charge on any atom is -0.494 e. The lowest BCUT2D eigenvalue weighted by Crippen LogP contribution is -2.30. The minimum absolute atomic E-state index is 0.117.